The van der Waals surface area contributed by atoms with Gasteiger partial charge in [0.05, 0.1) is 13.2 Å². The molecule has 224 valence electrons. The summed E-state index contributed by atoms with van der Waals surface area (Å²) in [7, 11) is 1.47. The molecule has 3 aromatic heterocycles. The zero-order chi connectivity index (χ0) is 29.7. The summed E-state index contributed by atoms with van der Waals surface area (Å²) >= 11 is 0. The molecule has 1 saturated heterocycles. The van der Waals surface area contributed by atoms with E-state index in [1.807, 2.05) is 0 Å². The number of ether oxygens (including phenoxy) is 2. The lowest BCUT2D eigenvalue weighted by molar-refractivity contribution is -0.137. The van der Waals surface area contributed by atoms with Crippen LogP contribution in [0.1, 0.15) is 44.1 Å². The number of anilines is 3. The Morgan fingerprint density at radius 3 is 2.10 bits per heavy atom. The minimum Gasteiger partial charge on any atom is -0.467 e. The SMILES string of the molecule is COc1ncc(-c2cnc(NC(=O)OC3CCC(Nc4ncc(C(F)(F)F)c(N5CCC(O)CC5)n4)CC3)nc2)cn1. The lowest BCUT2D eigenvalue weighted by Gasteiger charge is -2.32. The molecule has 3 aromatic rings. The monoisotopic (exact) mass is 589 g/mol. The maximum atomic E-state index is 13.6. The van der Waals surface area contributed by atoms with E-state index in [0.717, 1.165) is 6.20 Å². The highest BCUT2D eigenvalue weighted by Crippen LogP contribution is 2.37. The first kappa shape index (κ1) is 29.2. The third-order valence-corrected chi connectivity index (χ3v) is 7.13. The largest absolute Gasteiger partial charge is 0.467 e. The highest BCUT2D eigenvalue weighted by Gasteiger charge is 2.38. The van der Waals surface area contributed by atoms with E-state index in [0.29, 0.717) is 49.7 Å². The van der Waals surface area contributed by atoms with Gasteiger partial charge in [0.2, 0.25) is 11.9 Å². The Morgan fingerprint density at radius 2 is 1.50 bits per heavy atom. The minimum atomic E-state index is -4.60. The van der Waals surface area contributed by atoms with Gasteiger partial charge in [-0.1, -0.05) is 0 Å². The van der Waals surface area contributed by atoms with E-state index in [9.17, 15) is 23.1 Å². The van der Waals surface area contributed by atoms with Gasteiger partial charge >= 0.3 is 18.3 Å². The molecule has 3 N–H and O–H groups in total. The van der Waals surface area contributed by atoms with Crippen molar-refractivity contribution < 1.29 is 32.5 Å². The summed E-state index contributed by atoms with van der Waals surface area (Å²) in [5.41, 5.74) is 0.432. The molecular formula is C26H30F3N9O4. The van der Waals surface area contributed by atoms with Gasteiger partial charge in [0, 0.05) is 61.2 Å². The first-order chi connectivity index (χ1) is 20.2. The number of nitrogens with one attached hydrogen (secondary N) is 2. The Kier molecular flexibility index (Phi) is 8.80. The van der Waals surface area contributed by atoms with Crippen LogP contribution in [-0.4, -0.2) is 79.6 Å². The zero-order valence-corrected chi connectivity index (χ0v) is 22.7. The van der Waals surface area contributed by atoms with Crippen molar-refractivity contribution in [1.29, 1.82) is 0 Å². The van der Waals surface area contributed by atoms with Crippen LogP contribution in [0.25, 0.3) is 11.1 Å². The molecule has 1 amide bonds. The molecule has 0 bridgehead atoms. The number of aliphatic hydroxyl groups excluding tert-OH is 1. The minimum absolute atomic E-state index is 0.0759. The van der Waals surface area contributed by atoms with Gasteiger partial charge in [-0.3, -0.25) is 5.32 Å². The highest BCUT2D eigenvalue weighted by molar-refractivity contribution is 5.82. The number of hydrogen-bond donors (Lipinski definition) is 3. The van der Waals surface area contributed by atoms with E-state index in [2.05, 4.69) is 40.5 Å². The average molecular weight is 590 g/mol. The summed E-state index contributed by atoms with van der Waals surface area (Å²) in [6.07, 6.45) is 3.86. The second kappa shape index (κ2) is 12.7. The van der Waals surface area contributed by atoms with Gasteiger partial charge in [0.1, 0.15) is 17.5 Å². The van der Waals surface area contributed by atoms with Crippen molar-refractivity contribution >= 4 is 23.8 Å². The Hall–Kier alpha value is -4.34. The number of amides is 1. The predicted molar refractivity (Wildman–Crippen MR) is 144 cm³/mol. The smallest absolute Gasteiger partial charge is 0.421 e. The number of nitrogens with zero attached hydrogens (tertiary/aromatic N) is 7. The van der Waals surface area contributed by atoms with Crippen molar-refractivity contribution in [2.24, 2.45) is 0 Å². The van der Waals surface area contributed by atoms with E-state index in [-0.39, 0.29) is 49.0 Å². The number of rotatable bonds is 7. The van der Waals surface area contributed by atoms with Crippen LogP contribution in [0.3, 0.4) is 0 Å². The number of carbonyl (C=O) groups excluding carboxylic acids is 1. The third-order valence-electron chi connectivity index (χ3n) is 7.13. The van der Waals surface area contributed by atoms with Gasteiger partial charge in [0.15, 0.2) is 0 Å². The lowest BCUT2D eigenvalue weighted by atomic mass is 9.93. The first-order valence-electron chi connectivity index (χ1n) is 13.5. The molecule has 4 heterocycles. The Morgan fingerprint density at radius 1 is 0.905 bits per heavy atom. The molecule has 1 aliphatic heterocycles. The van der Waals surface area contributed by atoms with Gasteiger partial charge in [-0.05, 0) is 38.5 Å². The standard InChI is InChI=1S/C26H30F3N9O4/c1-41-24-33-12-16(13-34-24)15-10-30-22(31-11-15)37-25(40)42-19-4-2-17(3-5-19)35-23-32-14-20(26(27,28)29)21(36-23)38-8-6-18(39)7-9-38/h10-14,17-19,39H,2-9H2,1H3,(H,32,35,36)(H,30,31,37,40). The fourth-order valence-corrected chi connectivity index (χ4v) is 4.85. The molecule has 42 heavy (non-hydrogen) atoms. The van der Waals surface area contributed by atoms with Crippen molar-refractivity contribution in [3.63, 3.8) is 0 Å². The molecule has 5 rings (SSSR count). The molecule has 0 aromatic carbocycles. The fourth-order valence-electron chi connectivity index (χ4n) is 4.85. The maximum absolute atomic E-state index is 13.6. The number of aliphatic hydroxyl groups is 1. The van der Waals surface area contributed by atoms with Gasteiger partial charge in [-0.15, -0.1) is 0 Å². The molecule has 13 nitrogen and oxygen atoms in total. The highest BCUT2D eigenvalue weighted by atomic mass is 19.4. The van der Waals surface area contributed by atoms with Crippen LogP contribution in [0.4, 0.5) is 35.7 Å². The molecule has 0 radical (unpaired) electrons. The molecule has 0 unspecified atom stereocenters. The second-order valence-corrected chi connectivity index (χ2v) is 10.0. The summed E-state index contributed by atoms with van der Waals surface area (Å²) in [5.74, 6) is -0.00629. The van der Waals surface area contributed by atoms with E-state index in [1.54, 1.807) is 12.4 Å². The molecule has 0 atom stereocenters. The molecule has 1 saturated carbocycles. The van der Waals surface area contributed by atoms with Crippen molar-refractivity contribution in [3.8, 4) is 17.1 Å². The van der Waals surface area contributed by atoms with Crippen LogP contribution in [0, 0.1) is 0 Å². The molecule has 16 heteroatoms. The summed E-state index contributed by atoms with van der Waals surface area (Å²) < 4.78 is 51.3. The fraction of sp³-hybridized carbons (Fsp3) is 0.500. The molecule has 1 aliphatic carbocycles. The van der Waals surface area contributed by atoms with Crippen molar-refractivity contribution in [2.75, 3.05) is 35.7 Å². The third kappa shape index (κ3) is 7.29. The van der Waals surface area contributed by atoms with E-state index < -0.39 is 23.9 Å². The first-order valence-corrected chi connectivity index (χ1v) is 13.5. The topological polar surface area (TPSA) is 160 Å². The zero-order valence-electron chi connectivity index (χ0n) is 22.7. The van der Waals surface area contributed by atoms with Crippen LogP contribution < -0.4 is 20.3 Å². The number of piperidine rings is 1. The lowest BCUT2D eigenvalue weighted by Crippen LogP contribution is -2.38. The predicted octanol–water partition coefficient (Wildman–Crippen LogP) is 3.68. The number of aromatic nitrogens is 6. The summed E-state index contributed by atoms with van der Waals surface area (Å²) in [6.45, 7) is 0.552. The van der Waals surface area contributed by atoms with Crippen LogP contribution in [0.5, 0.6) is 6.01 Å². The van der Waals surface area contributed by atoms with Crippen molar-refractivity contribution in [2.45, 2.75) is 63.0 Å². The van der Waals surface area contributed by atoms with Crippen LogP contribution >= 0.6 is 0 Å². The Labute approximate surface area is 239 Å². The average Bonchev–Trinajstić information content (AvgIpc) is 2.98. The van der Waals surface area contributed by atoms with E-state index >= 15 is 0 Å². The van der Waals surface area contributed by atoms with Crippen LogP contribution in [0.15, 0.2) is 31.0 Å². The molecule has 0 spiro atoms. The molecule has 2 aliphatic rings. The number of alkyl halides is 3. The summed E-state index contributed by atoms with van der Waals surface area (Å²) in [4.78, 5) is 38.4. The van der Waals surface area contributed by atoms with Gasteiger partial charge < -0.3 is 24.8 Å². The second-order valence-electron chi connectivity index (χ2n) is 10.0. The number of halogens is 3. The number of carbonyl (C=O) groups is 1. The number of hydrogen-bond acceptors (Lipinski definition) is 12. The van der Waals surface area contributed by atoms with Gasteiger partial charge in [-0.25, -0.2) is 29.7 Å². The quantitative estimate of drug-likeness (QED) is 0.367. The Balaban J connectivity index is 1.11. The molecular weight excluding hydrogens is 559 g/mol. The van der Waals surface area contributed by atoms with Crippen molar-refractivity contribution in [1.82, 2.24) is 29.9 Å². The summed E-state index contributed by atoms with van der Waals surface area (Å²) in [5, 5.41) is 15.4. The van der Waals surface area contributed by atoms with Gasteiger partial charge in [-0.2, -0.15) is 18.2 Å². The van der Waals surface area contributed by atoms with E-state index in [4.69, 9.17) is 9.47 Å². The van der Waals surface area contributed by atoms with Crippen LogP contribution in [-0.2, 0) is 10.9 Å². The van der Waals surface area contributed by atoms with Gasteiger partial charge in [0.25, 0.3) is 0 Å². The summed E-state index contributed by atoms with van der Waals surface area (Å²) in [6, 6.07) is 0.140. The van der Waals surface area contributed by atoms with E-state index in [1.165, 1.54) is 24.4 Å². The number of methoxy groups -OCH3 is 1. The Bertz CT molecular complexity index is 1350. The van der Waals surface area contributed by atoms with Crippen LogP contribution in [0.2, 0.25) is 0 Å². The maximum Gasteiger partial charge on any atom is 0.421 e. The van der Waals surface area contributed by atoms with Crippen molar-refractivity contribution in [3.05, 3.63) is 36.5 Å². The normalized spacial score (nSPS) is 19.7. The molecule has 2 fully saturated rings.